The highest BCUT2D eigenvalue weighted by atomic mass is 16.5. The summed E-state index contributed by atoms with van der Waals surface area (Å²) in [7, 11) is 1.41. The second-order valence-corrected chi connectivity index (χ2v) is 8.02. The smallest absolute Gasteiger partial charge is 0.337 e. The van der Waals surface area contributed by atoms with Crippen LogP contribution in [0.5, 0.6) is 5.75 Å². The first-order chi connectivity index (χ1) is 15.6. The molecule has 2 rings (SSSR count). The largest absolute Gasteiger partial charge is 0.491 e. The zero-order valence-corrected chi connectivity index (χ0v) is 20.1. The Balaban J connectivity index is 1.99. The summed E-state index contributed by atoms with van der Waals surface area (Å²) in [5.74, 6) is 0.506. The highest BCUT2D eigenvalue weighted by Gasteiger charge is 2.15. The van der Waals surface area contributed by atoms with Gasteiger partial charge in [0.15, 0.2) is 0 Å². The topological polar surface area (TPSA) is 38.8 Å². The molecule has 0 atom stereocenters. The molecular formula is C28H39NO3. The summed E-state index contributed by atoms with van der Waals surface area (Å²) >= 11 is 0. The normalized spacial score (nSPS) is 10.6. The van der Waals surface area contributed by atoms with E-state index in [4.69, 9.17) is 9.47 Å². The summed E-state index contributed by atoms with van der Waals surface area (Å²) in [4.78, 5) is 14.4. The van der Waals surface area contributed by atoms with Gasteiger partial charge in [0.1, 0.15) is 5.75 Å². The molecule has 2 aromatic rings. The van der Waals surface area contributed by atoms with Gasteiger partial charge >= 0.3 is 5.97 Å². The van der Waals surface area contributed by atoms with Crippen LogP contribution in [0.3, 0.4) is 0 Å². The van der Waals surface area contributed by atoms with Gasteiger partial charge in [-0.25, -0.2) is 4.79 Å². The molecule has 0 fully saturated rings. The minimum atomic E-state index is -0.324. The number of unbranched alkanes of at least 4 members (excludes halogenated alkanes) is 3. The number of ether oxygens (including phenoxy) is 2. The number of nitrogens with zero attached hydrogens (tertiary/aromatic N) is 1. The van der Waals surface area contributed by atoms with Crippen LogP contribution in [-0.2, 0) is 17.6 Å². The molecule has 0 radical (unpaired) electrons. The highest BCUT2D eigenvalue weighted by Crippen LogP contribution is 2.31. The molecule has 32 heavy (non-hydrogen) atoms. The summed E-state index contributed by atoms with van der Waals surface area (Å²) < 4.78 is 11.1. The molecule has 0 amide bonds. The predicted molar refractivity (Wildman–Crippen MR) is 134 cm³/mol. The van der Waals surface area contributed by atoms with Gasteiger partial charge < -0.3 is 14.4 Å². The van der Waals surface area contributed by atoms with E-state index < -0.39 is 0 Å². The van der Waals surface area contributed by atoms with Crippen molar-refractivity contribution in [3.63, 3.8) is 0 Å². The Morgan fingerprint density at radius 1 is 1.03 bits per heavy atom. The van der Waals surface area contributed by atoms with Crippen LogP contribution in [0.1, 0.15) is 67.4 Å². The fourth-order valence-electron chi connectivity index (χ4n) is 3.79. The number of anilines is 1. The second kappa shape index (κ2) is 14.3. The van der Waals surface area contributed by atoms with Crippen LogP contribution in [0.15, 0.2) is 55.1 Å². The fourth-order valence-corrected chi connectivity index (χ4v) is 3.79. The molecular weight excluding hydrogens is 398 g/mol. The third-order valence-electron chi connectivity index (χ3n) is 5.71. The molecule has 0 saturated carbocycles. The summed E-state index contributed by atoms with van der Waals surface area (Å²) in [6.45, 7) is 10.5. The molecule has 174 valence electrons. The lowest BCUT2D eigenvalue weighted by molar-refractivity contribution is 0.0600. The van der Waals surface area contributed by atoms with Crippen molar-refractivity contribution in [2.45, 2.75) is 58.8 Å². The first kappa shape index (κ1) is 25.5. The van der Waals surface area contributed by atoms with Crippen molar-refractivity contribution in [2.75, 3.05) is 31.7 Å². The third-order valence-corrected chi connectivity index (χ3v) is 5.71. The number of carbonyl (C=O) groups is 1. The Kier molecular flexibility index (Phi) is 11.4. The number of hydrogen-bond acceptors (Lipinski definition) is 4. The van der Waals surface area contributed by atoms with Crippen LogP contribution in [0, 0.1) is 0 Å². The Labute approximate surface area is 194 Å². The van der Waals surface area contributed by atoms with E-state index in [-0.39, 0.29) is 5.97 Å². The van der Waals surface area contributed by atoms with Gasteiger partial charge in [0, 0.05) is 13.1 Å². The molecule has 0 aliphatic carbocycles. The number of benzene rings is 2. The van der Waals surface area contributed by atoms with E-state index in [0.29, 0.717) is 12.2 Å². The van der Waals surface area contributed by atoms with E-state index in [0.717, 1.165) is 69.5 Å². The van der Waals surface area contributed by atoms with Crippen LogP contribution >= 0.6 is 0 Å². The van der Waals surface area contributed by atoms with Crippen molar-refractivity contribution < 1.29 is 14.3 Å². The molecule has 2 aromatic carbocycles. The number of carbonyl (C=O) groups excluding carboxylic acids is 1. The number of hydrogen-bond donors (Lipinski definition) is 0. The van der Waals surface area contributed by atoms with E-state index in [1.54, 1.807) is 6.07 Å². The predicted octanol–water partition coefficient (Wildman–Crippen LogP) is 6.62. The van der Waals surface area contributed by atoms with Crippen LogP contribution in [-0.4, -0.2) is 32.8 Å². The molecule has 0 unspecified atom stereocenters. The van der Waals surface area contributed by atoms with Gasteiger partial charge in [0.25, 0.3) is 0 Å². The maximum Gasteiger partial charge on any atom is 0.337 e. The lowest BCUT2D eigenvalue weighted by Crippen LogP contribution is -2.25. The molecule has 0 spiro atoms. The zero-order valence-electron chi connectivity index (χ0n) is 20.1. The van der Waals surface area contributed by atoms with Crippen molar-refractivity contribution in [1.82, 2.24) is 0 Å². The average molecular weight is 438 g/mol. The first-order valence-electron chi connectivity index (χ1n) is 11.9. The van der Waals surface area contributed by atoms with Crippen molar-refractivity contribution in [3.8, 4) is 5.75 Å². The molecule has 0 aliphatic rings. The lowest BCUT2D eigenvalue weighted by atomic mass is 10.0. The zero-order chi connectivity index (χ0) is 23.2. The van der Waals surface area contributed by atoms with Gasteiger partial charge in [-0.15, -0.1) is 6.58 Å². The fraction of sp³-hybridized carbons (Fsp3) is 0.464. The number of esters is 1. The Hall–Kier alpha value is -2.75. The van der Waals surface area contributed by atoms with Crippen molar-refractivity contribution >= 4 is 11.7 Å². The summed E-state index contributed by atoms with van der Waals surface area (Å²) in [6, 6.07) is 14.4. The number of allylic oxidation sites excluding steroid dienone is 1. The van der Waals surface area contributed by atoms with E-state index in [2.05, 4.69) is 49.6 Å². The maximum atomic E-state index is 12.1. The van der Waals surface area contributed by atoms with Crippen LogP contribution in [0.25, 0.3) is 0 Å². The molecule has 0 aliphatic heterocycles. The molecule has 0 saturated heterocycles. The molecule has 0 bridgehead atoms. The van der Waals surface area contributed by atoms with E-state index in [1.165, 1.54) is 18.2 Å². The van der Waals surface area contributed by atoms with Crippen LogP contribution < -0.4 is 9.64 Å². The lowest BCUT2D eigenvalue weighted by Gasteiger charge is -2.26. The molecule has 0 heterocycles. The minimum Gasteiger partial charge on any atom is -0.491 e. The average Bonchev–Trinajstić information content (AvgIpc) is 2.83. The first-order valence-corrected chi connectivity index (χ1v) is 11.9. The Morgan fingerprint density at radius 2 is 1.84 bits per heavy atom. The van der Waals surface area contributed by atoms with E-state index in [1.807, 2.05) is 18.2 Å². The molecule has 4 nitrogen and oxygen atoms in total. The molecule has 0 N–H and O–H groups in total. The summed E-state index contributed by atoms with van der Waals surface area (Å²) in [6.07, 6.45) is 9.36. The minimum absolute atomic E-state index is 0.324. The summed E-state index contributed by atoms with van der Waals surface area (Å²) in [5.41, 5.74) is 4.30. The van der Waals surface area contributed by atoms with E-state index in [9.17, 15) is 4.79 Å². The Morgan fingerprint density at radius 3 is 2.56 bits per heavy atom. The van der Waals surface area contributed by atoms with Gasteiger partial charge in [-0.2, -0.15) is 0 Å². The molecule has 0 aromatic heterocycles. The maximum absolute atomic E-state index is 12.1. The monoisotopic (exact) mass is 437 g/mol. The quantitative estimate of drug-likeness (QED) is 0.178. The number of rotatable bonds is 15. The number of methoxy groups -OCH3 is 1. The highest BCUT2D eigenvalue weighted by molar-refractivity contribution is 5.91. The standard InChI is InChI=1S/C28H39NO3/c1-5-8-9-11-19-29(7-3)26-22-25(28(30)31-4)17-18-27(26)32-20-12-10-14-24-16-13-15-23(6-2)21-24/h5,13,15-18,21-22H,1,6-12,14,19-20H2,2-4H3. The van der Waals surface area contributed by atoms with Crippen molar-refractivity contribution in [1.29, 1.82) is 0 Å². The summed E-state index contributed by atoms with van der Waals surface area (Å²) in [5, 5.41) is 0. The third kappa shape index (κ3) is 8.07. The van der Waals surface area contributed by atoms with Gasteiger partial charge in [-0.1, -0.05) is 37.3 Å². The van der Waals surface area contributed by atoms with Crippen LogP contribution in [0.2, 0.25) is 0 Å². The van der Waals surface area contributed by atoms with Gasteiger partial charge in [0.2, 0.25) is 0 Å². The Bertz CT molecular complexity index is 846. The van der Waals surface area contributed by atoms with Gasteiger partial charge in [-0.3, -0.25) is 0 Å². The molecule has 4 heteroatoms. The van der Waals surface area contributed by atoms with Gasteiger partial charge in [0.05, 0.1) is 25.0 Å². The van der Waals surface area contributed by atoms with Gasteiger partial charge in [-0.05, 0) is 81.2 Å². The SMILES string of the molecule is C=CCCCCN(CC)c1cc(C(=O)OC)ccc1OCCCCc1cccc(CC)c1. The van der Waals surface area contributed by atoms with Crippen molar-refractivity contribution in [2.24, 2.45) is 0 Å². The van der Waals surface area contributed by atoms with E-state index >= 15 is 0 Å². The van der Waals surface area contributed by atoms with Crippen LogP contribution in [0.4, 0.5) is 5.69 Å². The van der Waals surface area contributed by atoms with Crippen molar-refractivity contribution in [3.05, 3.63) is 71.8 Å². The second-order valence-electron chi connectivity index (χ2n) is 8.02. The number of aryl methyl sites for hydroxylation is 2.